The first-order chi connectivity index (χ1) is 18.1. The lowest BCUT2D eigenvalue weighted by molar-refractivity contribution is -0.384. The topological polar surface area (TPSA) is 148 Å². The van der Waals surface area contributed by atoms with Gasteiger partial charge in [0.2, 0.25) is 11.8 Å². The minimum absolute atomic E-state index is 0.135. The van der Waals surface area contributed by atoms with Gasteiger partial charge in [0.25, 0.3) is 5.69 Å². The number of aliphatic carboxylic acids is 1. The van der Waals surface area contributed by atoms with E-state index in [0.717, 1.165) is 6.42 Å². The van der Waals surface area contributed by atoms with Gasteiger partial charge < -0.3 is 14.6 Å². The molecule has 4 unspecified atom stereocenters. The van der Waals surface area contributed by atoms with E-state index in [0.29, 0.717) is 34.6 Å². The highest BCUT2D eigenvalue weighted by Crippen LogP contribution is 2.52. The summed E-state index contributed by atoms with van der Waals surface area (Å²) in [7, 11) is 3.00. The van der Waals surface area contributed by atoms with Gasteiger partial charge in [-0.3, -0.25) is 34.7 Å². The summed E-state index contributed by atoms with van der Waals surface area (Å²) in [5.74, 6) is -3.40. The quantitative estimate of drug-likeness (QED) is 0.271. The van der Waals surface area contributed by atoms with Gasteiger partial charge in [0.15, 0.2) is 0 Å². The van der Waals surface area contributed by atoms with Crippen LogP contribution in [0.5, 0.6) is 11.5 Å². The number of nitro benzene ring substituents is 1. The molecule has 0 aromatic heterocycles. The van der Waals surface area contributed by atoms with E-state index >= 15 is 0 Å². The first kappa shape index (κ1) is 27.1. The second kappa shape index (κ2) is 10.4. The number of nitrogens with one attached hydrogen (secondary N) is 1. The largest absolute Gasteiger partial charge is 0.496 e. The van der Waals surface area contributed by atoms with Crippen LogP contribution in [-0.2, 0) is 20.8 Å². The molecular weight excluding hydrogens is 494 g/mol. The molecule has 2 aliphatic heterocycles. The molecule has 0 spiro atoms. The first-order valence-corrected chi connectivity index (χ1v) is 12.4. The van der Waals surface area contributed by atoms with Gasteiger partial charge in [-0.05, 0) is 25.0 Å². The molecule has 4 atom stereocenters. The Morgan fingerprint density at radius 2 is 1.82 bits per heavy atom. The van der Waals surface area contributed by atoms with Crippen LogP contribution in [0.15, 0.2) is 36.4 Å². The van der Waals surface area contributed by atoms with Crippen molar-refractivity contribution in [3.8, 4) is 11.5 Å². The molecule has 0 saturated carbocycles. The van der Waals surface area contributed by atoms with E-state index in [2.05, 4.69) is 5.32 Å². The summed E-state index contributed by atoms with van der Waals surface area (Å²) in [6.45, 7) is 3.95. The van der Waals surface area contributed by atoms with E-state index in [4.69, 9.17) is 9.47 Å². The molecule has 2 aromatic rings. The Labute approximate surface area is 219 Å². The van der Waals surface area contributed by atoms with E-state index in [9.17, 15) is 29.6 Å². The highest BCUT2D eigenvalue weighted by atomic mass is 16.6. The Kier molecular flexibility index (Phi) is 7.41. The van der Waals surface area contributed by atoms with Crippen molar-refractivity contribution in [3.05, 3.63) is 63.2 Å². The summed E-state index contributed by atoms with van der Waals surface area (Å²) in [5, 5.41) is 24.9. The number of hydrogen-bond acceptors (Lipinski definition) is 8. The van der Waals surface area contributed by atoms with Crippen LogP contribution in [0, 0.1) is 28.9 Å². The van der Waals surface area contributed by atoms with Gasteiger partial charge in [-0.15, -0.1) is 0 Å². The number of nitro groups is 1. The number of amides is 2. The molecule has 202 valence electrons. The van der Waals surface area contributed by atoms with Gasteiger partial charge in [0.05, 0.1) is 31.0 Å². The van der Waals surface area contributed by atoms with Crippen LogP contribution in [-0.4, -0.2) is 59.0 Å². The van der Waals surface area contributed by atoms with Crippen molar-refractivity contribution in [1.82, 2.24) is 10.2 Å². The number of nitrogens with zero attached hydrogens (tertiary/aromatic N) is 2. The smallest absolute Gasteiger partial charge is 0.325 e. The number of likely N-dealkylation sites (tertiary alicyclic amines) is 1. The maximum atomic E-state index is 13.7. The third-order valence-corrected chi connectivity index (χ3v) is 7.64. The lowest BCUT2D eigenvalue weighted by Gasteiger charge is -2.31. The molecule has 2 aromatic carbocycles. The van der Waals surface area contributed by atoms with E-state index in [1.54, 1.807) is 19.1 Å². The fraction of sp³-hybridized carbons (Fsp3) is 0.444. The van der Waals surface area contributed by atoms with Crippen LogP contribution in [0.4, 0.5) is 5.69 Å². The number of non-ortho nitro benzene ring substituents is 1. The van der Waals surface area contributed by atoms with Crippen LogP contribution in [0.2, 0.25) is 0 Å². The van der Waals surface area contributed by atoms with Crippen LogP contribution in [0.25, 0.3) is 0 Å². The maximum absolute atomic E-state index is 13.7. The molecule has 2 saturated heterocycles. The number of imide groups is 1. The Balaban J connectivity index is 1.86. The average Bonchev–Trinajstić information content (AvgIpc) is 3.36. The number of unbranched alkanes of at least 4 members (excludes halogenated alkanes) is 1. The molecule has 2 amide bonds. The fourth-order valence-corrected chi connectivity index (χ4v) is 5.79. The van der Waals surface area contributed by atoms with Crippen molar-refractivity contribution < 1.29 is 33.9 Å². The van der Waals surface area contributed by atoms with E-state index < -0.39 is 46.1 Å². The predicted molar refractivity (Wildman–Crippen MR) is 136 cm³/mol. The van der Waals surface area contributed by atoms with Gasteiger partial charge in [0.1, 0.15) is 17.0 Å². The molecule has 2 aliphatic rings. The van der Waals surface area contributed by atoms with Crippen molar-refractivity contribution >= 4 is 23.5 Å². The monoisotopic (exact) mass is 525 g/mol. The zero-order valence-electron chi connectivity index (χ0n) is 21.7. The number of methoxy groups -OCH3 is 2. The third-order valence-electron chi connectivity index (χ3n) is 7.64. The molecular formula is C27H31N3O8. The lowest BCUT2D eigenvalue weighted by atomic mass is 9.76. The Morgan fingerprint density at radius 1 is 1.13 bits per heavy atom. The zero-order chi connectivity index (χ0) is 27.8. The predicted octanol–water partition coefficient (Wildman–Crippen LogP) is 3.03. The number of hydrogen-bond donors (Lipinski definition) is 2. The van der Waals surface area contributed by atoms with E-state index in [1.807, 2.05) is 6.92 Å². The van der Waals surface area contributed by atoms with Crippen LogP contribution in [0.1, 0.15) is 42.5 Å². The molecule has 11 heteroatoms. The van der Waals surface area contributed by atoms with E-state index in [-0.39, 0.29) is 18.7 Å². The Hall–Kier alpha value is -3.99. The number of carbonyl (C=O) groups excluding carboxylic acids is 2. The maximum Gasteiger partial charge on any atom is 0.325 e. The fourth-order valence-electron chi connectivity index (χ4n) is 5.79. The van der Waals surface area contributed by atoms with Crippen molar-refractivity contribution in [1.29, 1.82) is 0 Å². The number of benzene rings is 2. The van der Waals surface area contributed by atoms with Gasteiger partial charge in [-0.2, -0.15) is 0 Å². The number of fused-ring (bicyclic) bond motifs is 1. The highest BCUT2D eigenvalue weighted by molar-refractivity contribution is 6.09. The molecule has 0 radical (unpaired) electrons. The zero-order valence-corrected chi connectivity index (χ0v) is 21.7. The summed E-state index contributed by atoms with van der Waals surface area (Å²) in [5.41, 5.74) is -0.266. The van der Waals surface area contributed by atoms with Crippen molar-refractivity contribution in [2.24, 2.45) is 11.8 Å². The number of ether oxygens (including phenoxy) is 2. The number of carbonyl (C=O) groups is 3. The Morgan fingerprint density at radius 3 is 2.37 bits per heavy atom. The number of carboxylic acids is 1. The minimum atomic E-state index is -1.84. The van der Waals surface area contributed by atoms with Crippen LogP contribution < -0.4 is 14.8 Å². The van der Waals surface area contributed by atoms with Gasteiger partial charge in [-0.1, -0.05) is 31.5 Å². The second-order valence-corrected chi connectivity index (χ2v) is 9.70. The molecule has 38 heavy (non-hydrogen) atoms. The summed E-state index contributed by atoms with van der Waals surface area (Å²) >= 11 is 0. The van der Waals surface area contributed by atoms with Crippen molar-refractivity contribution in [3.63, 3.8) is 0 Å². The van der Waals surface area contributed by atoms with Gasteiger partial charge >= 0.3 is 5.97 Å². The standard InChI is InChI=1S/C27H31N3O8/c1-5-6-13-29-24(31)20-21(25(29)32)27(26(33)34,14-16-7-9-17(10-8-16)30(35)36)28-22(20)18-11-12-19(37-3)15(2)23(18)38-4/h7-12,20-22,28H,5-6,13-14H2,1-4H3,(H,33,34). The summed E-state index contributed by atoms with van der Waals surface area (Å²) < 4.78 is 11.1. The molecule has 0 aliphatic carbocycles. The molecule has 2 heterocycles. The number of rotatable bonds is 10. The average molecular weight is 526 g/mol. The molecule has 2 N–H and O–H groups in total. The first-order valence-electron chi connectivity index (χ1n) is 12.4. The number of carboxylic acid groups (broad SMARTS) is 1. The van der Waals surface area contributed by atoms with Crippen molar-refractivity contribution in [2.45, 2.75) is 44.7 Å². The molecule has 11 nitrogen and oxygen atoms in total. The highest BCUT2D eigenvalue weighted by Gasteiger charge is 2.68. The molecule has 0 bridgehead atoms. The lowest BCUT2D eigenvalue weighted by Crippen LogP contribution is -2.57. The van der Waals surface area contributed by atoms with Gasteiger partial charge in [-0.25, -0.2) is 0 Å². The van der Waals surface area contributed by atoms with Gasteiger partial charge in [0, 0.05) is 42.3 Å². The Bertz CT molecular complexity index is 1280. The third kappa shape index (κ3) is 4.26. The SMILES string of the molecule is CCCCN1C(=O)C2C(c3ccc(OC)c(C)c3OC)NC(Cc3ccc([N+](=O)[O-])cc3)(C(=O)O)C2C1=O. The van der Waals surface area contributed by atoms with Crippen LogP contribution in [0.3, 0.4) is 0 Å². The van der Waals surface area contributed by atoms with E-state index in [1.165, 1.54) is 43.4 Å². The van der Waals surface area contributed by atoms with Crippen LogP contribution >= 0.6 is 0 Å². The molecule has 4 rings (SSSR count). The van der Waals surface area contributed by atoms with Crippen molar-refractivity contribution in [2.75, 3.05) is 20.8 Å². The molecule has 2 fully saturated rings. The minimum Gasteiger partial charge on any atom is -0.496 e. The normalized spacial score (nSPS) is 24.4. The summed E-state index contributed by atoms with van der Waals surface area (Å²) in [4.78, 5) is 52.2. The second-order valence-electron chi connectivity index (χ2n) is 9.70. The summed E-state index contributed by atoms with van der Waals surface area (Å²) in [6.07, 6.45) is 1.20. The summed E-state index contributed by atoms with van der Waals surface area (Å²) in [6, 6.07) is 8.13.